The Morgan fingerprint density at radius 3 is 2.63 bits per heavy atom. The Hall–Kier alpha value is -1.68. The highest BCUT2D eigenvalue weighted by Crippen LogP contribution is 2.42. The Labute approximate surface area is 116 Å². The highest BCUT2D eigenvalue weighted by Gasteiger charge is 2.29. The number of carbonyl (C=O) groups excluding carboxylic acids is 1. The third kappa shape index (κ3) is 2.40. The van der Waals surface area contributed by atoms with E-state index in [2.05, 4.69) is 4.98 Å². The molecule has 0 radical (unpaired) electrons. The van der Waals surface area contributed by atoms with Gasteiger partial charge in [0.05, 0.1) is 10.7 Å². The quantitative estimate of drug-likeness (QED) is 0.855. The first-order chi connectivity index (χ1) is 9.16. The molecule has 1 aliphatic carbocycles. The number of benzene rings is 1. The number of hydrogen-bond donors (Lipinski definition) is 0. The highest BCUT2D eigenvalue weighted by atomic mass is 32.1. The van der Waals surface area contributed by atoms with Crippen molar-refractivity contribution < 1.29 is 4.79 Å². The van der Waals surface area contributed by atoms with Crippen LogP contribution in [0.25, 0.3) is 0 Å². The SMILES string of the molecule is Cc1nc(C2CC2)sc1C(=O)N(C)c1ccccc1. The fraction of sp³-hybridized carbons (Fsp3) is 0.333. The molecule has 2 aromatic rings. The van der Waals surface area contributed by atoms with Crippen LogP contribution in [0.4, 0.5) is 5.69 Å². The highest BCUT2D eigenvalue weighted by molar-refractivity contribution is 7.14. The summed E-state index contributed by atoms with van der Waals surface area (Å²) < 4.78 is 0. The van der Waals surface area contributed by atoms with Crippen molar-refractivity contribution in [3.05, 3.63) is 45.9 Å². The number of aryl methyl sites for hydroxylation is 1. The lowest BCUT2D eigenvalue weighted by molar-refractivity contribution is 0.0996. The van der Waals surface area contributed by atoms with E-state index in [0.29, 0.717) is 5.92 Å². The summed E-state index contributed by atoms with van der Waals surface area (Å²) >= 11 is 1.56. The van der Waals surface area contributed by atoms with Gasteiger partial charge < -0.3 is 4.90 Å². The van der Waals surface area contributed by atoms with Crippen LogP contribution >= 0.6 is 11.3 Å². The zero-order valence-corrected chi connectivity index (χ0v) is 11.9. The van der Waals surface area contributed by atoms with E-state index in [-0.39, 0.29) is 5.91 Å². The van der Waals surface area contributed by atoms with E-state index in [4.69, 9.17) is 0 Å². The molecule has 1 heterocycles. The number of anilines is 1. The van der Waals surface area contributed by atoms with E-state index in [9.17, 15) is 4.79 Å². The van der Waals surface area contributed by atoms with Crippen molar-refractivity contribution in [2.75, 3.05) is 11.9 Å². The molecular formula is C15H16N2OS. The standard InChI is InChI=1S/C15H16N2OS/c1-10-13(19-14(16-10)11-8-9-11)15(18)17(2)12-6-4-3-5-7-12/h3-7,11H,8-9H2,1-2H3. The molecule has 1 amide bonds. The number of carbonyl (C=O) groups is 1. The molecule has 0 atom stereocenters. The Bertz CT molecular complexity index is 602. The Kier molecular flexibility index (Phi) is 3.11. The Morgan fingerprint density at radius 2 is 2.00 bits per heavy atom. The van der Waals surface area contributed by atoms with E-state index in [0.717, 1.165) is 21.3 Å². The van der Waals surface area contributed by atoms with Gasteiger partial charge in [0.1, 0.15) is 4.88 Å². The van der Waals surface area contributed by atoms with Crippen molar-refractivity contribution in [2.24, 2.45) is 0 Å². The van der Waals surface area contributed by atoms with Gasteiger partial charge in [-0.2, -0.15) is 0 Å². The molecule has 0 unspecified atom stereocenters. The predicted octanol–water partition coefficient (Wildman–Crippen LogP) is 3.61. The number of hydrogen-bond acceptors (Lipinski definition) is 3. The van der Waals surface area contributed by atoms with Crippen LogP contribution in [0.5, 0.6) is 0 Å². The maximum Gasteiger partial charge on any atom is 0.270 e. The second-order valence-electron chi connectivity index (χ2n) is 4.94. The lowest BCUT2D eigenvalue weighted by Crippen LogP contribution is -2.25. The summed E-state index contributed by atoms with van der Waals surface area (Å²) in [4.78, 5) is 19.5. The molecule has 98 valence electrons. The van der Waals surface area contributed by atoms with Crippen LogP contribution in [0, 0.1) is 6.92 Å². The molecule has 4 heteroatoms. The molecule has 3 rings (SSSR count). The molecule has 0 aliphatic heterocycles. The van der Waals surface area contributed by atoms with Crippen LogP contribution in [0.15, 0.2) is 30.3 Å². The number of amides is 1. The largest absolute Gasteiger partial charge is 0.311 e. The number of thiazole rings is 1. The van der Waals surface area contributed by atoms with E-state index in [1.54, 1.807) is 16.2 Å². The predicted molar refractivity (Wildman–Crippen MR) is 78.0 cm³/mol. The number of rotatable bonds is 3. The smallest absolute Gasteiger partial charge is 0.270 e. The van der Waals surface area contributed by atoms with Gasteiger partial charge in [0.25, 0.3) is 5.91 Å². The van der Waals surface area contributed by atoms with Crippen molar-refractivity contribution in [1.29, 1.82) is 0 Å². The molecule has 0 saturated heterocycles. The van der Waals surface area contributed by atoms with Crippen LogP contribution in [0.2, 0.25) is 0 Å². The minimum absolute atomic E-state index is 0.0353. The second kappa shape index (κ2) is 4.78. The van der Waals surface area contributed by atoms with Crippen LogP contribution in [0.3, 0.4) is 0 Å². The van der Waals surface area contributed by atoms with Crippen LogP contribution in [-0.4, -0.2) is 17.9 Å². The van der Waals surface area contributed by atoms with E-state index >= 15 is 0 Å². The van der Waals surface area contributed by atoms with Crippen molar-refractivity contribution in [3.63, 3.8) is 0 Å². The van der Waals surface area contributed by atoms with Crippen LogP contribution < -0.4 is 4.90 Å². The van der Waals surface area contributed by atoms with E-state index in [1.807, 2.05) is 44.3 Å². The summed E-state index contributed by atoms with van der Waals surface area (Å²) in [5, 5.41) is 1.13. The zero-order chi connectivity index (χ0) is 13.4. The fourth-order valence-corrected chi connectivity index (χ4v) is 3.25. The molecule has 0 N–H and O–H groups in total. The van der Waals surface area contributed by atoms with Gasteiger partial charge in [-0.1, -0.05) is 18.2 Å². The van der Waals surface area contributed by atoms with Gasteiger partial charge in [-0.05, 0) is 31.9 Å². The lowest BCUT2D eigenvalue weighted by Gasteiger charge is -2.16. The molecule has 0 bridgehead atoms. The van der Waals surface area contributed by atoms with Gasteiger partial charge in [0, 0.05) is 18.7 Å². The van der Waals surface area contributed by atoms with Gasteiger partial charge in [0.2, 0.25) is 0 Å². The third-order valence-corrected chi connectivity index (χ3v) is 4.69. The minimum atomic E-state index is 0.0353. The Morgan fingerprint density at radius 1 is 1.32 bits per heavy atom. The molecule has 1 aromatic carbocycles. The summed E-state index contributed by atoms with van der Waals surface area (Å²) in [6.07, 6.45) is 2.43. The summed E-state index contributed by atoms with van der Waals surface area (Å²) in [6.45, 7) is 1.93. The first-order valence-electron chi connectivity index (χ1n) is 6.47. The average molecular weight is 272 g/mol. The summed E-state index contributed by atoms with van der Waals surface area (Å²) in [6, 6.07) is 9.71. The van der Waals surface area contributed by atoms with Crippen molar-refractivity contribution in [2.45, 2.75) is 25.7 Å². The molecule has 19 heavy (non-hydrogen) atoms. The van der Waals surface area contributed by atoms with Crippen molar-refractivity contribution >= 4 is 22.9 Å². The topological polar surface area (TPSA) is 33.2 Å². The molecule has 1 fully saturated rings. The summed E-state index contributed by atoms with van der Waals surface area (Å²) in [7, 11) is 1.81. The number of para-hydroxylation sites is 1. The summed E-state index contributed by atoms with van der Waals surface area (Å²) in [5.74, 6) is 0.639. The van der Waals surface area contributed by atoms with Crippen molar-refractivity contribution in [1.82, 2.24) is 4.98 Å². The number of nitrogens with zero attached hydrogens (tertiary/aromatic N) is 2. The van der Waals surface area contributed by atoms with Crippen LogP contribution in [-0.2, 0) is 0 Å². The molecule has 0 spiro atoms. The van der Waals surface area contributed by atoms with Crippen molar-refractivity contribution in [3.8, 4) is 0 Å². The van der Waals surface area contributed by atoms with Crippen LogP contribution in [0.1, 0.15) is 39.1 Å². The third-order valence-electron chi connectivity index (χ3n) is 3.38. The first-order valence-corrected chi connectivity index (χ1v) is 7.29. The summed E-state index contributed by atoms with van der Waals surface area (Å²) in [5.41, 5.74) is 1.77. The lowest BCUT2D eigenvalue weighted by atomic mass is 10.2. The first kappa shape index (κ1) is 12.4. The molecule has 1 aliphatic rings. The zero-order valence-electron chi connectivity index (χ0n) is 11.1. The minimum Gasteiger partial charge on any atom is -0.311 e. The van der Waals surface area contributed by atoms with Gasteiger partial charge in [0.15, 0.2) is 0 Å². The molecular weight excluding hydrogens is 256 g/mol. The van der Waals surface area contributed by atoms with Gasteiger partial charge in [-0.25, -0.2) is 4.98 Å². The van der Waals surface area contributed by atoms with E-state index < -0.39 is 0 Å². The average Bonchev–Trinajstić information content (AvgIpc) is 3.21. The molecule has 3 nitrogen and oxygen atoms in total. The second-order valence-corrected chi connectivity index (χ2v) is 5.97. The van der Waals surface area contributed by atoms with Gasteiger partial charge >= 0.3 is 0 Å². The van der Waals surface area contributed by atoms with Gasteiger partial charge in [-0.15, -0.1) is 11.3 Å². The normalized spacial score (nSPS) is 14.4. The number of aromatic nitrogens is 1. The molecule has 1 saturated carbocycles. The Balaban J connectivity index is 1.87. The maximum atomic E-state index is 12.5. The van der Waals surface area contributed by atoms with E-state index in [1.165, 1.54) is 12.8 Å². The monoisotopic (exact) mass is 272 g/mol. The molecule has 1 aromatic heterocycles. The maximum absolute atomic E-state index is 12.5. The fourth-order valence-electron chi connectivity index (χ4n) is 2.04. The van der Waals surface area contributed by atoms with Gasteiger partial charge in [-0.3, -0.25) is 4.79 Å².